The molecule has 2 aromatic rings. The topological polar surface area (TPSA) is 56.7 Å². The highest BCUT2D eigenvalue weighted by Gasteiger charge is 2.28. The van der Waals surface area contributed by atoms with Gasteiger partial charge in [0.15, 0.2) is 5.65 Å². The lowest BCUT2D eigenvalue weighted by molar-refractivity contribution is 0.487. The van der Waals surface area contributed by atoms with Gasteiger partial charge in [0, 0.05) is 18.7 Å². The number of aromatic nitrogens is 3. The van der Waals surface area contributed by atoms with Gasteiger partial charge in [-0.1, -0.05) is 6.92 Å². The molecule has 3 rings (SSSR count). The summed E-state index contributed by atoms with van der Waals surface area (Å²) in [6, 6.07) is 4.67. The zero-order valence-corrected chi connectivity index (χ0v) is 11.5. The van der Waals surface area contributed by atoms with Crippen LogP contribution in [-0.4, -0.2) is 21.1 Å². The molecule has 1 unspecified atom stereocenters. The van der Waals surface area contributed by atoms with E-state index >= 15 is 0 Å². The van der Waals surface area contributed by atoms with Crippen molar-refractivity contribution >= 4 is 11.2 Å². The Morgan fingerprint density at radius 3 is 3.00 bits per heavy atom. The lowest BCUT2D eigenvalue weighted by Gasteiger charge is -2.11. The molecule has 1 fully saturated rings. The minimum Gasteiger partial charge on any atom is -0.330 e. The Labute approximate surface area is 114 Å². The van der Waals surface area contributed by atoms with Crippen molar-refractivity contribution in [3.05, 3.63) is 24.2 Å². The Balaban J connectivity index is 1.83. The molecule has 0 saturated heterocycles. The van der Waals surface area contributed by atoms with E-state index in [9.17, 15) is 0 Å². The zero-order valence-electron chi connectivity index (χ0n) is 11.5. The number of fused-ring (bicyclic) bond motifs is 1. The lowest BCUT2D eigenvalue weighted by Crippen LogP contribution is -2.09. The normalized spacial score (nSPS) is 16.9. The maximum absolute atomic E-state index is 5.62. The van der Waals surface area contributed by atoms with Crippen LogP contribution in [0.25, 0.3) is 11.2 Å². The predicted molar refractivity (Wildman–Crippen MR) is 77.0 cm³/mol. The first-order valence-electron chi connectivity index (χ1n) is 7.31. The van der Waals surface area contributed by atoms with Crippen molar-refractivity contribution in [1.82, 2.24) is 14.5 Å². The van der Waals surface area contributed by atoms with Gasteiger partial charge in [0.1, 0.15) is 11.3 Å². The van der Waals surface area contributed by atoms with Crippen LogP contribution in [0.3, 0.4) is 0 Å². The van der Waals surface area contributed by atoms with Crippen LogP contribution in [0.1, 0.15) is 44.5 Å². The van der Waals surface area contributed by atoms with E-state index in [-0.39, 0.29) is 0 Å². The average molecular weight is 258 g/mol. The quantitative estimate of drug-likeness (QED) is 0.866. The Morgan fingerprint density at radius 1 is 1.42 bits per heavy atom. The van der Waals surface area contributed by atoms with Gasteiger partial charge in [-0.25, -0.2) is 9.97 Å². The van der Waals surface area contributed by atoms with Gasteiger partial charge in [0.2, 0.25) is 0 Å². The summed E-state index contributed by atoms with van der Waals surface area (Å²) >= 11 is 0. The van der Waals surface area contributed by atoms with Crippen molar-refractivity contribution < 1.29 is 0 Å². The van der Waals surface area contributed by atoms with Crippen molar-refractivity contribution in [3.8, 4) is 0 Å². The number of hydrogen-bond donors (Lipinski definition) is 1. The summed E-state index contributed by atoms with van der Waals surface area (Å²) in [5.74, 6) is 1.88. The molecule has 0 spiro atoms. The Kier molecular flexibility index (Phi) is 3.51. The highest BCUT2D eigenvalue weighted by molar-refractivity contribution is 5.71. The summed E-state index contributed by atoms with van der Waals surface area (Å²) < 4.78 is 2.37. The number of nitrogens with two attached hydrogens (primary N) is 1. The van der Waals surface area contributed by atoms with Crippen molar-refractivity contribution in [2.24, 2.45) is 11.7 Å². The number of rotatable bonds is 6. The molecule has 19 heavy (non-hydrogen) atoms. The van der Waals surface area contributed by atoms with E-state index in [0.29, 0.717) is 12.0 Å². The fourth-order valence-corrected chi connectivity index (χ4v) is 2.67. The molecular weight excluding hydrogens is 236 g/mol. The second-order valence-corrected chi connectivity index (χ2v) is 5.70. The fraction of sp³-hybridized carbons (Fsp3) is 0.600. The molecule has 102 valence electrons. The Hall–Kier alpha value is -1.42. The summed E-state index contributed by atoms with van der Waals surface area (Å²) in [6.45, 7) is 3.05. The highest BCUT2D eigenvalue weighted by Crippen LogP contribution is 2.38. The first kappa shape index (κ1) is 12.6. The molecule has 0 aromatic carbocycles. The average Bonchev–Trinajstić information content (AvgIpc) is 3.17. The van der Waals surface area contributed by atoms with Crippen LogP contribution in [0.4, 0.5) is 0 Å². The molecule has 1 saturated carbocycles. The third-order valence-electron chi connectivity index (χ3n) is 3.95. The SMILES string of the molecule is CC(CCN)CCc1nc2cccnc2n1C1CC1. The molecule has 0 amide bonds. The van der Waals surface area contributed by atoms with Crippen LogP contribution in [-0.2, 0) is 6.42 Å². The smallest absolute Gasteiger partial charge is 0.160 e. The molecule has 2 heterocycles. The summed E-state index contributed by atoms with van der Waals surface area (Å²) in [7, 11) is 0. The monoisotopic (exact) mass is 258 g/mol. The highest BCUT2D eigenvalue weighted by atomic mass is 15.2. The largest absolute Gasteiger partial charge is 0.330 e. The van der Waals surface area contributed by atoms with Crippen molar-refractivity contribution in [2.45, 2.75) is 45.1 Å². The van der Waals surface area contributed by atoms with E-state index in [2.05, 4.69) is 22.5 Å². The van der Waals surface area contributed by atoms with Crippen LogP contribution in [0.2, 0.25) is 0 Å². The zero-order chi connectivity index (χ0) is 13.2. The van der Waals surface area contributed by atoms with E-state index in [0.717, 1.165) is 37.0 Å². The van der Waals surface area contributed by atoms with E-state index in [1.54, 1.807) is 0 Å². The molecular formula is C15H22N4. The number of imidazole rings is 1. The van der Waals surface area contributed by atoms with Gasteiger partial charge < -0.3 is 10.3 Å². The summed E-state index contributed by atoms with van der Waals surface area (Å²) in [5.41, 5.74) is 7.72. The molecule has 0 radical (unpaired) electrons. The number of aryl methyl sites for hydroxylation is 1. The van der Waals surface area contributed by atoms with E-state index in [1.165, 1.54) is 18.7 Å². The van der Waals surface area contributed by atoms with Crippen LogP contribution in [0.5, 0.6) is 0 Å². The number of pyridine rings is 1. The van der Waals surface area contributed by atoms with Gasteiger partial charge in [-0.05, 0) is 50.3 Å². The van der Waals surface area contributed by atoms with Crippen molar-refractivity contribution in [1.29, 1.82) is 0 Å². The van der Waals surface area contributed by atoms with Gasteiger partial charge in [-0.2, -0.15) is 0 Å². The van der Waals surface area contributed by atoms with E-state index in [4.69, 9.17) is 10.7 Å². The van der Waals surface area contributed by atoms with Crippen molar-refractivity contribution in [3.63, 3.8) is 0 Å². The lowest BCUT2D eigenvalue weighted by atomic mass is 10.0. The van der Waals surface area contributed by atoms with Gasteiger partial charge in [-0.15, -0.1) is 0 Å². The molecule has 2 aromatic heterocycles. The first-order valence-corrected chi connectivity index (χ1v) is 7.31. The second-order valence-electron chi connectivity index (χ2n) is 5.70. The minimum atomic E-state index is 0.639. The summed E-state index contributed by atoms with van der Waals surface area (Å²) in [5, 5.41) is 0. The molecule has 4 nitrogen and oxygen atoms in total. The van der Waals surface area contributed by atoms with Gasteiger partial charge in [0.25, 0.3) is 0 Å². The van der Waals surface area contributed by atoms with E-state index in [1.807, 2.05) is 12.3 Å². The molecule has 0 bridgehead atoms. The molecule has 1 aliphatic carbocycles. The number of nitrogens with zero attached hydrogens (tertiary/aromatic N) is 3. The van der Waals surface area contributed by atoms with Crippen LogP contribution < -0.4 is 5.73 Å². The Bertz CT molecular complexity index is 556. The predicted octanol–water partition coefficient (Wildman–Crippen LogP) is 2.68. The standard InChI is InChI=1S/C15H22N4/c1-11(8-9-16)4-7-14-18-13-3-2-10-17-15(13)19(14)12-5-6-12/h2-3,10-12H,4-9,16H2,1H3. The molecule has 2 N–H and O–H groups in total. The van der Waals surface area contributed by atoms with Gasteiger partial charge in [-0.3, -0.25) is 0 Å². The molecule has 4 heteroatoms. The van der Waals surface area contributed by atoms with Crippen LogP contribution >= 0.6 is 0 Å². The third kappa shape index (κ3) is 2.63. The van der Waals surface area contributed by atoms with Crippen LogP contribution in [0, 0.1) is 5.92 Å². The van der Waals surface area contributed by atoms with Crippen molar-refractivity contribution in [2.75, 3.05) is 6.54 Å². The molecule has 1 atom stereocenters. The minimum absolute atomic E-state index is 0.639. The van der Waals surface area contributed by atoms with E-state index < -0.39 is 0 Å². The summed E-state index contributed by atoms with van der Waals surface area (Å²) in [6.07, 6.45) is 7.70. The van der Waals surface area contributed by atoms with Gasteiger partial charge >= 0.3 is 0 Å². The number of hydrogen-bond acceptors (Lipinski definition) is 3. The maximum atomic E-state index is 5.62. The first-order chi connectivity index (χ1) is 9.29. The molecule has 1 aliphatic rings. The maximum Gasteiger partial charge on any atom is 0.160 e. The van der Waals surface area contributed by atoms with Crippen LogP contribution in [0.15, 0.2) is 18.3 Å². The summed E-state index contributed by atoms with van der Waals surface area (Å²) in [4.78, 5) is 9.28. The van der Waals surface area contributed by atoms with Gasteiger partial charge in [0.05, 0.1) is 0 Å². The molecule has 0 aliphatic heterocycles. The fourth-order valence-electron chi connectivity index (χ4n) is 2.67. The second kappa shape index (κ2) is 5.29. The Morgan fingerprint density at radius 2 is 2.26 bits per heavy atom. The third-order valence-corrected chi connectivity index (χ3v) is 3.95.